The van der Waals surface area contributed by atoms with Crippen molar-refractivity contribution in [3.05, 3.63) is 24.3 Å². The van der Waals surface area contributed by atoms with Gasteiger partial charge in [-0.1, -0.05) is 13.0 Å². The summed E-state index contributed by atoms with van der Waals surface area (Å²) in [5.41, 5.74) is 1.86. The molecule has 5 nitrogen and oxygen atoms in total. The molecule has 2 amide bonds. The van der Waals surface area contributed by atoms with Crippen molar-refractivity contribution in [3.8, 4) is 0 Å². The fraction of sp³-hybridized carbons (Fsp3) is 0.611. The number of nitrogens with zero attached hydrogens (tertiary/aromatic N) is 2. The van der Waals surface area contributed by atoms with E-state index in [2.05, 4.69) is 31.0 Å². The van der Waals surface area contributed by atoms with Gasteiger partial charge in [0.15, 0.2) is 0 Å². The van der Waals surface area contributed by atoms with Gasteiger partial charge in [0.25, 0.3) is 0 Å². The SMILES string of the molecule is CC1CCCN(C(=O)Nc2cccc(N(C)C(C)C)c2)C1CO. The van der Waals surface area contributed by atoms with Crippen LogP contribution in [0.2, 0.25) is 0 Å². The van der Waals surface area contributed by atoms with Gasteiger partial charge in [-0.15, -0.1) is 0 Å². The molecule has 1 fully saturated rings. The Balaban J connectivity index is 2.09. The van der Waals surface area contributed by atoms with Crippen LogP contribution in [0.1, 0.15) is 33.6 Å². The Kier molecular flexibility index (Phi) is 5.88. The van der Waals surface area contributed by atoms with Gasteiger partial charge in [-0.05, 0) is 50.8 Å². The lowest BCUT2D eigenvalue weighted by atomic mass is 9.91. The third-order valence-corrected chi connectivity index (χ3v) is 4.84. The lowest BCUT2D eigenvalue weighted by Gasteiger charge is -2.38. The molecule has 0 aliphatic carbocycles. The van der Waals surface area contributed by atoms with Crippen LogP contribution in [0, 0.1) is 5.92 Å². The van der Waals surface area contributed by atoms with Gasteiger partial charge in [0, 0.05) is 31.0 Å². The summed E-state index contributed by atoms with van der Waals surface area (Å²) in [5.74, 6) is 0.331. The maximum Gasteiger partial charge on any atom is 0.322 e. The average Bonchev–Trinajstić information content (AvgIpc) is 2.53. The molecule has 2 atom stereocenters. The first-order valence-corrected chi connectivity index (χ1v) is 8.45. The van der Waals surface area contributed by atoms with Crippen molar-refractivity contribution in [2.24, 2.45) is 5.92 Å². The number of carbonyl (C=O) groups is 1. The zero-order valence-electron chi connectivity index (χ0n) is 14.6. The highest BCUT2D eigenvalue weighted by molar-refractivity contribution is 5.90. The quantitative estimate of drug-likeness (QED) is 0.896. The summed E-state index contributed by atoms with van der Waals surface area (Å²) in [6.07, 6.45) is 2.05. The topological polar surface area (TPSA) is 55.8 Å². The van der Waals surface area contributed by atoms with Crippen molar-refractivity contribution >= 4 is 17.4 Å². The van der Waals surface area contributed by atoms with Crippen molar-refractivity contribution < 1.29 is 9.90 Å². The molecule has 1 aliphatic heterocycles. The molecule has 1 aromatic rings. The zero-order chi connectivity index (χ0) is 17.0. The third-order valence-electron chi connectivity index (χ3n) is 4.84. The minimum Gasteiger partial charge on any atom is -0.394 e. The Hall–Kier alpha value is -1.75. The number of amides is 2. The molecule has 0 aromatic heterocycles. The fourth-order valence-electron chi connectivity index (χ4n) is 3.08. The maximum atomic E-state index is 12.6. The number of hydrogen-bond acceptors (Lipinski definition) is 3. The first-order valence-electron chi connectivity index (χ1n) is 8.45. The Morgan fingerprint density at radius 3 is 2.87 bits per heavy atom. The molecular formula is C18H29N3O2. The van der Waals surface area contributed by atoms with Crippen LogP contribution in [0.4, 0.5) is 16.2 Å². The van der Waals surface area contributed by atoms with E-state index in [4.69, 9.17) is 0 Å². The summed E-state index contributed by atoms with van der Waals surface area (Å²) in [6, 6.07) is 8.05. The van der Waals surface area contributed by atoms with Crippen LogP contribution >= 0.6 is 0 Å². The highest BCUT2D eigenvalue weighted by atomic mass is 16.3. The summed E-state index contributed by atoms with van der Waals surface area (Å²) in [7, 11) is 2.04. The number of benzene rings is 1. The number of piperidine rings is 1. The Morgan fingerprint density at radius 1 is 1.48 bits per heavy atom. The molecule has 2 unspecified atom stereocenters. The van der Waals surface area contributed by atoms with Crippen molar-refractivity contribution in [3.63, 3.8) is 0 Å². The predicted octanol–water partition coefficient (Wildman–Crippen LogP) is 3.16. The summed E-state index contributed by atoms with van der Waals surface area (Å²) in [6.45, 7) is 7.08. The van der Waals surface area contributed by atoms with E-state index in [1.54, 1.807) is 4.90 Å². The van der Waals surface area contributed by atoms with Gasteiger partial charge >= 0.3 is 6.03 Å². The minimum absolute atomic E-state index is 0.0186. The minimum atomic E-state index is -0.125. The average molecular weight is 319 g/mol. The smallest absolute Gasteiger partial charge is 0.322 e. The van der Waals surface area contributed by atoms with Gasteiger partial charge in [0.05, 0.1) is 12.6 Å². The van der Waals surface area contributed by atoms with Crippen LogP contribution < -0.4 is 10.2 Å². The molecule has 5 heteroatoms. The van der Waals surface area contributed by atoms with Crippen LogP contribution in [0.5, 0.6) is 0 Å². The van der Waals surface area contributed by atoms with E-state index in [1.165, 1.54) is 0 Å². The number of rotatable bonds is 4. The molecule has 0 radical (unpaired) electrons. The van der Waals surface area contributed by atoms with E-state index in [0.29, 0.717) is 18.5 Å². The van der Waals surface area contributed by atoms with E-state index < -0.39 is 0 Å². The first kappa shape index (κ1) is 17.6. The van der Waals surface area contributed by atoms with Crippen LogP contribution in [0.25, 0.3) is 0 Å². The molecule has 0 spiro atoms. The molecule has 0 bridgehead atoms. The molecule has 23 heavy (non-hydrogen) atoms. The molecule has 2 rings (SSSR count). The lowest BCUT2D eigenvalue weighted by Crippen LogP contribution is -2.51. The highest BCUT2D eigenvalue weighted by Crippen LogP contribution is 2.25. The first-order chi connectivity index (χ1) is 10.9. The maximum absolute atomic E-state index is 12.6. The van der Waals surface area contributed by atoms with E-state index in [0.717, 1.165) is 24.2 Å². The second-order valence-electron chi connectivity index (χ2n) is 6.75. The van der Waals surface area contributed by atoms with Gasteiger partial charge < -0.3 is 20.2 Å². The summed E-state index contributed by atoms with van der Waals surface area (Å²) < 4.78 is 0. The van der Waals surface area contributed by atoms with Gasteiger partial charge in [-0.25, -0.2) is 4.79 Å². The molecule has 1 saturated heterocycles. The van der Waals surface area contributed by atoms with Crippen LogP contribution in [0.3, 0.4) is 0 Å². The van der Waals surface area contributed by atoms with E-state index in [9.17, 15) is 9.90 Å². The van der Waals surface area contributed by atoms with Gasteiger partial charge in [-0.2, -0.15) is 0 Å². The number of likely N-dealkylation sites (tertiary alicyclic amines) is 1. The third kappa shape index (κ3) is 4.16. The van der Waals surface area contributed by atoms with Gasteiger partial charge in [0.2, 0.25) is 0 Å². The summed E-state index contributed by atoms with van der Waals surface area (Å²) in [4.78, 5) is 16.5. The highest BCUT2D eigenvalue weighted by Gasteiger charge is 2.31. The number of aliphatic hydroxyl groups is 1. The van der Waals surface area contributed by atoms with Gasteiger partial charge in [-0.3, -0.25) is 0 Å². The fourth-order valence-corrected chi connectivity index (χ4v) is 3.08. The number of hydrogen-bond donors (Lipinski definition) is 2. The monoisotopic (exact) mass is 319 g/mol. The van der Waals surface area contributed by atoms with Crippen molar-refractivity contribution in [2.75, 3.05) is 30.4 Å². The standard InChI is InChI=1S/C18H29N3O2/c1-13(2)20(4)16-9-5-8-15(11-16)19-18(23)21-10-6-7-14(3)17(21)12-22/h5,8-9,11,13-14,17,22H,6-7,10,12H2,1-4H3,(H,19,23). The van der Waals surface area contributed by atoms with E-state index in [1.807, 2.05) is 31.3 Å². The van der Waals surface area contributed by atoms with E-state index >= 15 is 0 Å². The second-order valence-corrected chi connectivity index (χ2v) is 6.75. The Labute approximate surface area is 139 Å². The van der Waals surface area contributed by atoms with Crippen molar-refractivity contribution in [1.82, 2.24) is 4.90 Å². The number of aliphatic hydroxyl groups excluding tert-OH is 1. The predicted molar refractivity (Wildman–Crippen MR) is 95.0 cm³/mol. The Bertz CT molecular complexity index is 533. The number of carbonyl (C=O) groups excluding carboxylic acids is 1. The number of nitrogens with one attached hydrogen (secondary N) is 1. The zero-order valence-corrected chi connectivity index (χ0v) is 14.6. The van der Waals surface area contributed by atoms with Crippen LogP contribution in [-0.2, 0) is 0 Å². The van der Waals surface area contributed by atoms with Crippen molar-refractivity contribution in [2.45, 2.75) is 45.7 Å². The molecule has 1 heterocycles. The molecule has 128 valence electrons. The van der Waals surface area contributed by atoms with Crippen molar-refractivity contribution in [1.29, 1.82) is 0 Å². The molecule has 2 N–H and O–H groups in total. The number of urea groups is 1. The number of anilines is 2. The summed E-state index contributed by atoms with van der Waals surface area (Å²) in [5, 5.41) is 12.6. The Morgan fingerprint density at radius 2 is 2.22 bits per heavy atom. The van der Waals surface area contributed by atoms with Crippen LogP contribution in [-0.4, -0.2) is 48.3 Å². The molecular weight excluding hydrogens is 290 g/mol. The normalized spacial score (nSPS) is 21.4. The largest absolute Gasteiger partial charge is 0.394 e. The summed E-state index contributed by atoms with van der Waals surface area (Å²) >= 11 is 0. The lowest BCUT2D eigenvalue weighted by molar-refractivity contribution is 0.0811. The second kappa shape index (κ2) is 7.68. The van der Waals surface area contributed by atoms with Crippen LogP contribution in [0.15, 0.2) is 24.3 Å². The molecule has 1 aromatic carbocycles. The molecule has 0 saturated carbocycles. The van der Waals surface area contributed by atoms with Gasteiger partial charge in [0.1, 0.15) is 0 Å². The molecule has 1 aliphatic rings. The van der Waals surface area contributed by atoms with E-state index in [-0.39, 0.29) is 18.7 Å².